The molecule has 0 bridgehead atoms. The van der Waals surface area contributed by atoms with Gasteiger partial charge in [0.15, 0.2) is 11.6 Å². The summed E-state index contributed by atoms with van der Waals surface area (Å²) in [6.07, 6.45) is 2.90. The lowest BCUT2D eigenvalue weighted by Crippen LogP contribution is -2.08. The van der Waals surface area contributed by atoms with Crippen LogP contribution in [0.15, 0.2) is 48.5 Å². The Kier molecular flexibility index (Phi) is 6.74. The van der Waals surface area contributed by atoms with Crippen molar-refractivity contribution >= 4 is 11.6 Å². The first-order valence-electron chi connectivity index (χ1n) is 8.52. The van der Waals surface area contributed by atoms with E-state index in [9.17, 15) is 9.59 Å². The molecule has 3 heteroatoms. The van der Waals surface area contributed by atoms with Crippen LogP contribution >= 0.6 is 0 Å². The van der Waals surface area contributed by atoms with Gasteiger partial charge in [-0.1, -0.05) is 44.5 Å². The summed E-state index contributed by atoms with van der Waals surface area (Å²) >= 11 is 0. The number of rotatable bonds is 9. The van der Waals surface area contributed by atoms with Gasteiger partial charge in [0.1, 0.15) is 5.75 Å². The lowest BCUT2D eigenvalue weighted by Gasteiger charge is -2.06. The van der Waals surface area contributed by atoms with Gasteiger partial charge in [-0.2, -0.15) is 0 Å². The Labute approximate surface area is 143 Å². The van der Waals surface area contributed by atoms with E-state index < -0.39 is 0 Å². The molecule has 0 aromatic heterocycles. The Bertz CT molecular complexity index is 669. The second-order valence-corrected chi connectivity index (χ2v) is 5.84. The number of Topliss-reactive ketones (excluding diaryl/α,β-unsaturated/α-hetero) is 2. The molecule has 0 heterocycles. The normalized spacial score (nSPS) is 10.4. The molecule has 0 fully saturated rings. The van der Waals surface area contributed by atoms with Crippen molar-refractivity contribution in [2.45, 2.75) is 39.5 Å². The van der Waals surface area contributed by atoms with Crippen LogP contribution in [-0.2, 0) is 6.42 Å². The van der Waals surface area contributed by atoms with Gasteiger partial charge < -0.3 is 4.74 Å². The highest BCUT2D eigenvalue weighted by molar-refractivity contribution is 6.13. The molecule has 0 spiro atoms. The van der Waals surface area contributed by atoms with Crippen molar-refractivity contribution in [2.75, 3.05) is 6.61 Å². The average molecular weight is 324 g/mol. The number of hydrogen-bond donors (Lipinski definition) is 0. The summed E-state index contributed by atoms with van der Waals surface area (Å²) < 4.78 is 5.49. The number of ketones is 2. The third kappa shape index (κ3) is 5.05. The largest absolute Gasteiger partial charge is 0.494 e. The average Bonchev–Trinajstić information content (AvgIpc) is 2.61. The van der Waals surface area contributed by atoms with Gasteiger partial charge in [-0.25, -0.2) is 0 Å². The van der Waals surface area contributed by atoms with Gasteiger partial charge in [0, 0.05) is 11.1 Å². The molecule has 0 N–H and O–H groups in total. The second kappa shape index (κ2) is 9.02. The smallest absolute Gasteiger partial charge is 0.170 e. The van der Waals surface area contributed by atoms with E-state index in [-0.39, 0.29) is 18.0 Å². The monoisotopic (exact) mass is 324 g/mol. The molecule has 126 valence electrons. The molecule has 2 aromatic rings. The molecule has 0 aliphatic rings. The molecule has 0 unspecified atom stereocenters. The van der Waals surface area contributed by atoms with Crippen LogP contribution in [0.5, 0.6) is 5.75 Å². The molecule has 0 saturated carbocycles. The van der Waals surface area contributed by atoms with E-state index in [1.165, 1.54) is 5.56 Å². The molecule has 2 aromatic carbocycles. The van der Waals surface area contributed by atoms with Gasteiger partial charge in [0.05, 0.1) is 13.0 Å². The number of carbonyl (C=O) groups is 2. The minimum absolute atomic E-state index is 0.109. The molecule has 0 atom stereocenters. The zero-order valence-electron chi connectivity index (χ0n) is 14.4. The maximum absolute atomic E-state index is 12.3. The fraction of sp³-hybridized carbons (Fsp3) is 0.333. The quantitative estimate of drug-likeness (QED) is 0.487. The second-order valence-electron chi connectivity index (χ2n) is 5.84. The Balaban J connectivity index is 1.96. The number of aryl methyl sites for hydroxylation is 1. The number of carbonyl (C=O) groups excluding carboxylic acids is 2. The first-order chi connectivity index (χ1) is 11.6. The molecule has 0 amide bonds. The summed E-state index contributed by atoms with van der Waals surface area (Å²) in [6.45, 7) is 4.81. The van der Waals surface area contributed by atoms with Gasteiger partial charge >= 0.3 is 0 Å². The molecule has 0 radical (unpaired) electrons. The number of benzene rings is 2. The first kappa shape index (κ1) is 17.9. The van der Waals surface area contributed by atoms with Gasteiger partial charge in [0.2, 0.25) is 0 Å². The summed E-state index contributed by atoms with van der Waals surface area (Å²) in [6, 6.07) is 14.5. The molecular weight excluding hydrogens is 300 g/mol. The van der Waals surface area contributed by atoms with E-state index in [2.05, 4.69) is 6.92 Å². The highest BCUT2D eigenvalue weighted by Crippen LogP contribution is 2.15. The SMILES string of the molecule is CCCOc1ccc(C(=O)CC(=O)c2ccc(CCC)cc2)cc1. The number of ether oxygens (including phenoxy) is 1. The summed E-state index contributed by atoms with van der Waals surface area (Å²) in [5.41, 5.74) is 2.34. The van der Waals surface area contributed by atoms with Crippen molar-refractivity contribution in [2.24, 2.45) is 0 Å². The van der Waals surface area contributed by atoms with Crippen molar-refractivity contribution in [3.05, 3.63) is 65.2 Å². The minimum Gasteiger partial charge on any atom is -0.494 e. The molecule has 0 aliphatic heterocycles. The van der Waals surface area contributed by atoms with E-state index in [4.69, 9.17) is 4.74 Å². The van der Waals surface area contributed by atoms with E-state index in [0.717, 1.165) is 25.0 Å². The molecule has 3 nitrogen and oxygen atoms in total. The zero-order valence-corrected chi connectivity index (χ0v) is 14.4. The van der Waals surface area contributed by atoms with Crippen LogP contribution in [0.25, 0.3) is 0 Å². The summed E-state index contributed by atoms with van der Waals surface area (Å²) in [7, 11) is 0. The standard InChI is InChI=1S/C21H24O3/c1-3-5-16-6-8-17(9-7-16)20(22)15-21(23)18-10-12-19(13-11-18)24-14-4-2/h6-13H,3-5,14-15H2,1-2H3. The Morgan fingerprint density at radius 1 is 0.792 bits per heavy atom. The molecular formula is C21H24O3. The van der Waals surface area contributed by atoms with Gasteiger partial charge in [-0.3, -0.25) is 9.59 Å². The predicted molar refractivity (Wildman–Crippen MR) is 95.9 cm³/mol. The van der Waals surface area contributed by atoms with Crippen molar-refractivity contribution in [3.8, 4) is 5.75 Å². The highest BCUT2D eigenvalue weighted by Gasteiger charge is 2.13. The summed E-state index contributed by atoms with van der Waals surface area (Å²) in [5, 5.41) is 0. The van der Waals surface area contributed by atoms with Crippen molar-refractivity contribution in [1.29, 1.82) is 0 Å². The van der Waals surface area contributed by atoms with Crippen molar-refractivity contribution in [3.63, 3.8) is 0 Å². The minimum atomic E-state index is -0.167. The molecule has 24 heavy (non-hydrogen) atoms. The highest BCUT2D eigenvalue weighted by atomic mass is 16.5. The lowest BCUT2D eigenvalue weighted by atomic mass is 10.00. The maximum atomic E-state index is 12.3. The fourth-order valence-corrected chi connectivity index (χ4v) is 2.45. The van der Waals surface area contributed by atoms with Crippen LogP contribution in [0, 0.1) is 0 Å². The Morgan fingerprint density at radius 3 is 1.83 bits per heavy atom. The molecule has 0 saturated heterocycles. The molecule has 2 rings (SSSR count). The maximum Gasteiger partial charge on any atom is 0.170 e. The van der Waals surface area contributed by atoms with Gasteiger partial charge in [-0.15, -0.1) is 0 Å². The molecule has 0 aliphatic carbocycles. The van der Waals surface area contributed by atoms with Crippen molar-refractivity contribution < 1.29 is 14.3 Å². The topological polar surface area (TPSA) is 43.4 Å². The summed E-state index contributed by atoms with van der Waals surface area (Å²) in [5.74, 6) is 0.431. The van der Waals surface area contributed by atoms with Crippen LogP contribution in [0.2, 0.25) is 0 Å². The van der Waals surface area contributed by atoms with E-state index >= 15 is 0 Å². The van der Waals surface area contributed by atoms with Crippen LogP contribution in [-0.4, -0.2) is 18.2 Å². The van der Waals surface area contributed by atoms with E-state index in [0.29, 0.717) is 17.7 Å². The van der Waals surface area contributed by atoms with Gasteiger partial charge in [-0.05, 0) is 42.7 Å². The predicted octanol–water partition coefficient (Wildman–Crippen LogP) is 4.88. The lowest BCUT2D eigenvalue weighted by molar-refractivity contribution is 0.0894. The van der Waals surface area contributed by atoms with Crippen LogP contribution < -0.4 is 4.74 Å². The Morgan fingerprint density at radius 2 is 1.33 bits per heavy atom. The first-order valence-corrected chi connectivity index (χ1v) is 8.52. The fourth-order valence-electron chi connectivity index (χ4n) is 2.45. The number of hydrogen-bond acceptors (Lipinski definition) is 3. The van der Waals surface area contributed by atoms with Gasteiger partial charge in [0.25, 0.3) is 0 Å². The van der Waals surface area contributed by atoms with Crippen LogP contribution in [0.4, 0.5) is 0 Å². The van der Waals surface area contributed by atoms with Crippen LogP contribution in [0.3, 0.4) is 0 Å². The summed E-state index contributed by atoms with van der Waals surface area (Å²) in [4.78, 5) is 24.5. The third-order valence-corrected chi connectivity index (χ3v) is 3.78. The van der Waals surface area contributed by atoms with E-state index in [1.54, 1.807) is 24.3 Å². The van der Waals surface area contributed by atoms with Crippen LogP contribution in [0.1, 0.15) is 59.4 Å². The Hall–Kier alpha value is -2.42. The third-order valence-electron chi connectivity index (χ3n) is 3.78. The van der Waals surface area contributed by atoms with Crippen molar-refractivity contribution in [1.82, 2.24) is 0 Å². The van der Waals surface area contributed by atoms with E-state index in [1.807, 2.05) is 31.2 Å². The zero-order chi connectivity index (χ0) is 17.4.